The van der Waals surface area contributed by atoms with Crippen LogP contribution in [0.4, 0.5) is 13.2 Å². The van der Waals surface area contributed by atoms with Crippen LogP contribution in [0.15, 0.2) is 46.2 Å². The van der Waals surface area contributed by atoms with Crippen LogP contribution < -0.4 is 4.74 Å². The summed E-state index contributed by atoms with van der Waals surface area (Å²) in [5.41, 5.74) is 1.47. The largest absolute Gasteiger partial charge is 0.573 e. The fourth-order valence-corrected chi connectivity index (χ4v) is 5.41. The van der Waals surface area contributed by atoms with Gasteiger partial charge in [0, 0.05) is 15.4 Å². The molecule has 0 radical (unpaired) electrons. The van der Waals surface area contributed by atoms with Crippen LogP contribution in [0, 0.1) is 6.92 Å². The van der Waals surface area contributed by atoms with E-state index in [1.54, 1.807) is 25.6 Å². The highest BCUT2D eigenvalue weighted by atomic mass is 35.5. The van der Waals surface area contributed by atoms with Crippen molar-refractivity contribution in [2.24, 2.45) is 0 Å². The summed E-state index contributed by atoms with van der Waals surface area (Å²) in [6, 6.07) is 9.72. The average molecular weight is 535 g/mol. The highest BCUT2D eigenvalue weighted by molar-refractivity contribution is 8.01. The lowest BCUT2D eigenvalue weighted by Gasteiger charge is -2.19. The number of carboxylic acids is 1. The van der Waals surface area contributed by atoms with Crippen LogP contribution in [0.1, 0.15) is 24.4 Å². The van der Waals surface area contributed by atoms with E-state index >= 15 is 0 Å². The summed E-state index contributed by atoms with van der Waals surface area (Å²) in [5, 5.41) is 9.88. The fraction of sp³-hybridized carbons (Fsp3) is 0.286. The number of hydrogen-bond acceptors (Lipinski definition) is 7. The number of carbonyl (C=O) groups is 1. The molecule has 2 aromatic carbocycles. The van der Waals surface area contributed by atoms with Gasteiger partial charge in [0.05, 0.1) is 10.8 Å². The number of ether oxygens (including phenoxy) is 1. The molecule has 0 saturated heterocycles. The molecule has 176 valence electrons. The highest BCUT2D eigenvalue weighted by Gasteiger charge is 2.32. The van der Waals surface area contributed by atoms with Gasteiger partial charge in [-0.3, -0.25) is 4.79 Å². The van der Waals surface area contributed by atoms with E-state index in [1.807, 2.05) is 25.1 Å². The van der Waals surface area contributed by atoms with Crippen LogP contribution in [0.25, 0.3) is 11.4 Å². The number of aliphatic carboxylic acids is 1. The Balaban J connectivity index is 1.65. The summed E-state index contributed by atoms with van der Waals surface area (Å²) < 4.78 is 44.4. The lowest BCUT2D eigenvalue weighted by Crippen LogP contribution is -2.27. The SMILES string of the molecule is Cc1cc(SCc2nc(-c3ccc(OC(F)(F)F)c(Cl)c3)ns2)ccc1SC(C)(C)C(=O)O. The van der Waals surface area contributed by atoms with E-state index in [2.05, 4.69) is 14.1 Å². The van der Waals surface area contributed by atoms with E-state index in [-0.39, 0.29) is 5.02 Å². The molecule has 33 heavy (non-hydrogen) atoms. The van der Waals surface area contributed by atoms with Gasteiger partial charge in [-0.15, -0.1) is 36.7 Å². The minimum atomic E-state index is -4.82. The van der Waals surface area contributed by atoms with Crippen LogP contribution in [-0.4, -0.2) is 31.5 Å². The Bertz CT molecular complexity index is 1170. The quantitative estimate of drug-likeness (QED) is 0.304. The molecule has 0 aliphatic heterocycles. The second-order valence-electron chi connectivity index (χ2n) is 7.34. The molecule has 0 saturated carbocycles. The van der Waals surface area contributed by atoms with Gasteiger partial charge in [-0.1, -0.05) is 11.6 Å². The van der Waals surface area contributed by atoms with Gasteiger partial charge in [-0.2, -0.15) is 4.37 Å². The maximum absolute atomic E-state index is 12.4. The van der Waals surface area contributed by atoms with Crippen LogP contribution in [0.2, 0.25) is 5.02 Å². The Morgan fingerprint density at radius 3 is 2.55 bits per heavy atom. The Hall–Kier alpha value is -1.95. The van der Waals surface area contributed by atoms with Crippen LogP contribution in [0.3, 0.4) is 0 Å². The Morgan fingerprint density at radius 2 is 1.94 bits per heavy atom. The first kappa shape index (κ1) is 25.7. The van der Waals surface area contributed by atoms with Crippen molar-refractivity contribution in [3.05, 3.63) is 52.0 Å². The average Bonchev–Trinajstić information content (AvgIpc) is 3.18. The lowest BCUT2D eigenvalue weighted by molar-refractivity contribution is -0.274. The van der Waals surface area contributed by atoms with Gasteiger partial charge in [-0.25, -0.2) is 4.98 Å². The van der Waals surface area contributed by atoms with Crippen molar-refractivity contribution < 1.29 is 27.8 Å². The number of hydrogen-bond donors (Lipinski definition) is 1. The van der Waals surface area contributed by atoms with E-state index < -0.39 is 22.8 Å². The van der Waals surface area contributed by atoms with Crippen molar-refractivity contribution in [3.63, 3.8) is 0 Å². The van der Waals surface area contributed by atoms with Crippen molar-refractivity contribution >= 4 is 52.6 Å². The van der Waals surface area contributed by atoms with Crippen LogP contribution in [-0.2, 0) is 10.5 Å². The monoisotopic (exact) mass is 534 g/mol. The number of carboxylic acid groups (broad SMARTS) is 1. The molecule has 0 atom stereocenters. The molecule has 1 N–H and O–H groups in total. The normalized spacial score (nSPS) is 12.1. The van der Waals surface area contributed by atoms with E-state index in [1.165, 1.54) is 35.4 Å². The summed E-state index contributed by atoms with van der Waals surface area (Å²) in [4.78, 5) is 17.7. The molecule has 12 heteroatoms. The van der Waals surface area contributed by atoms with Gasteiger partial charge in [0.25, 0.3) is 0 Å². The minimum absolute atomic E-state index is 0.185. The highest BCUT2D eigenvalue weighted by Crippen LogP contribution is 2.37. The van der Waals surface area contributed by atoms with Gasteiger partial charge in [0.1, 0.15) is 15.5 Å². The summed E-state index contributed by atoms with van der Waals surface area (Å²) in [6.45, 7) is 5.27. The molecule has 3 aromatic rings. The number of alkyl halides is 3. The van der Waals surface area contributed by atoms with E-state index in [0.29, 0.717) is 17.1 Å². The third kappa shape index (κ3) is 7.02. The zero-order chi connectivity index (χ0) is 24.4. The number of thioether (sulfide) groups is 2. The van der Waals surface area contributed by atoms with E-state index in [9.17, 15) is 23.1 Å². The number of benzene rings is 2. The van der Waals surface area contributed by atoms with Crippen molar-refractivity contribution in [3.8, 4) is 17.1 Å². The number of aryl methyl sites for hydroxylation is 1. The zero-order valence-corrected chi connectivity index (χ0v) is 20.8. The summed E-state index contributed by atoms with van der Waals surface area (Å²) in [6.07, 6.45) is -4.82. The Morgan fingerprint density at radius 1 is 1.21 bits per heavy atom. The van der Waals surface area contributed by atoms with Crippen molar-refractivity contribution in [2.75, 3.05) is 0 Å². The lowest BCUT2D eigenvalue weighted by atomic mass is 10.2. The minimum Gasteiger partial charge on any atom is -0.480 e. The third-order valence-electron chi connectivity index (χ3n) is 4.27. The van der Waals surface area contributed by atoms with E-state index in [0.717, 1.165) is 26.4 Å². The first-order valence-electron chi connectivity index (χ1n) is 9.38. The van der Waals surface area contributed by atoms with Gasteiger partial charge in [-0.05, 0) is 74.3 Å². The smallest absolute Gasteiger partial charge is 0.480 e. The summed E-state index contributed by atoms with van der Waals surface area (Å²) >= 11 is 9.95. The Labute approximate surface area is 205 Å². The first-order valence-corrected chi connectivity index (χ1v) is 12.3. The molecule has 5 nitrogen and oxygen atoms in total. The van der Waals surface area contributed by atoms with Crippen LogP contribution >= 0.6 is 46.7 Å². The number of nitrogens with zero attached hydrogens (tertiary/aromatic N) is 2. The standard InChI is InChI=1S/C21H18ClF3N2O3S3/c1-11-8-13(5-7-16(11)32-20(2,3)19(28)29)31-10-17-26-18(27-33-17)12-4-6-15(14(22)9-12)30-21(23,24)25/h4-9H,10H2,1-3H3,(H,28,29). The van der Waals surface area contributed by atoms with Crippen molar-refractivity contribution in [1.82, 2.24) is 9.36 Å². The Kier molecular flexibility index (Phi) is 7.87. The second kappa shape index (κ2) is 10.1. The van der Waals surface area contributed by atoms with E-state index in [4.69, 9.17) is 11.6 Å². The molecular weight excluding hydrogens is 517 g/mol. The third-order valence-corrected chi connectivity index (χ3v) is 7.83. The summed E-state index contributed by atoms with van der Waals surface area (Å²) in [7, 11) is 0. The molecule has 0 spiro atoms. The van der Waals surface area contributed by atoms with Crippen LogP contribution in [0.5, 0.6) is 5.75 Å². The predicted molar refractivity (Wildman–Crippen MR) is 125 cm³/mol. The topological polar surface area (TPSA) is 72.3 Å². The van der Waals surface area contributed by atoms with Crippen molar-refractivity contribution in [2.45, 2.75) is 47.4 Å². The molecule has 0 aliphatic rings. The van der Waals surface area contributed by atoms with Gasteiger partial charge >= 0.3 is 12.3 Å². The maximum atomic E-state index is 12.4. The molecule has 0 aliphatic carbocycles. The number of rotatable bonds is 8. The number of halogens is 4. The molecule has 3 rings (SSSR count). The van der Waals surface area contributed by atoms with Gasteiger partial charge in [0.15, 0.2) is 5.82 Å². The zero-order valence-electron chi connectivity index (χ0n) is 17.6. The number of aromatic nitrogens is 2. The predicted octanol–water partition coefficient (Wildman–Crippen LogP) is 7.31. The van der Waals surface area contributed by atoms with Gasteiger partial charge < -0.3 is 9.84 Å². The molecule has 1 heterocycles. The molecule has 0 fully saturated rings. The molecule has 0 amide bonds. The van der Waals surface area contributed by atoms with Crippen molar-refractivity contribution in [1.29, 1.82) is 0 Å². The molecule has 1 aromatic heterocycles. The van der Waals surface area contributed by atoms with Gasteiger partial charge in [0.2, 0.25) is 0 Å². The molecule has 0 bridgehead atoms. The molecular formula is C21H18ClF3N2O3S3. The fourth-order valence-electron chi connectivity index (χ4n) is 2.57. The second-order valence-corrected chi connectivity index (χ2v) is 11.3. The summed E-state index contributed by atoms with van der Waals surface area (Å²) in [5.74, 6) is -0.438. The first-order chi connectivity index (χ1) is 15.3. The molecule has 0 unspecified atom stereocenters. The maximum Gasteiger partial charge on any atom is 0.573 e.